The van der Waals surface area contributed by atoms with Gasteiger partial charge in [-0.1, -0.05) is 52.5 Å². The minimum Gasteiger partial charge on any atom is -0.352 e. The number of thioether (sulfide) groups is 1. The van der Waals surface area contributed by atoms with E-state index >= 15 is 0 Å². The van der Waals surface area contributed by atoms with Crippen molar-refractivity contribution in [3.8, 4) is 0 Å². The highest BCUT2D eigenvalue weighted by atomic mass is 79.9. The van der Waals surface area contributed by atoms with Crippen LogP contribution in [-0.2, 0) is 16.1 Å². The fourth-order valence-electron chi connectivity index (χ4n) is 3.69. The number of hydrogen-bond acceptors (Lipinski definition) is 3. The summed E-state index contributed by atoms with van der Waals surface area (Å²) in [7, 11) is 0. The molecule has 0 radical (unpaired) electrons. The molecule has 4 nitrogen and oxygen atoms in total. The topological polar surface area (TPSA) is 49.4 Å². The monoisotopic (exact) mass is 522 g/mol. The molecule has 1 N–H and O–H groups in total. The van der Waals surface area contributed by atoms with Gasteiger partial charge in [-0.05, 0) is 61.7 Å². The zero-order chi connectivity index (χ0) is 22.2. The van der Waals surface area contributed by atoms with E-state index in [1.807, 2.05) is 55.5 Å². The third-order valence-corrected chi connectivity index (χ3v) is 7.33. The quantitative estimate of drug-likeness (QED) is 0.406. The van der Waals surface area contributed by atoms with Crippen molar-refractivity contribution < 1.29 is 9.59 Å². The van der Waals surface area contributed by atoms with Gasteiger partial charge in [0, 0.05) is 39.2 Å². The second-order valence-electron chi connectivity index (χ2n) is 7.87. The van der Waals surface area contributed by atoms with Crippen LogP contribution in [0.2, 0.25) is 5.02 Å². The third-order valence-electron chi connectivity index (χ3n) is 5.53. The molecule has 7 heteroatoms. The number of carbonyl (C=O) groups excluding carboxylic acids is 2. The molecule has 1 fully saturated rings. The minimum absolute atomic E-state index is 0.0153. The summed E-state index contributed by atoms with van der Waals surface area (Å²) in [5.41, 5.74) is 1.00. The third kappa shape index (κ3) is 7.55. The van der Waals surface area contributed by atoms with Crippen LogP contribution in [0.15, 0.2) is 57.9 Å². The molecule has 166 valence electrons. The Bertz CT molecular complexity index is 870. The first-order valence-electron chi connectivity index (χ1n) is 10.6. The molecule has 2 aromatic carbocycles. The van der Waals surface area contributed by atoms with E-state index in [0.717, 1.165) is 40.6 Å². The number of nitrogens with zero attached hydrogens (tertiary/aromatic N) is 1. The molecule has 0 unspecified atom stereocenters. The Morgan fingerprint density at radius 3 is 2.42 bits per heavy atom. The summed E-state index contributed by atoms with van der Waals surface area (Å²) in [4.78, 5) is 28.8. The van der Waals surface area contributed by atoms with E-state index < -0.39 is 6.04 Å². The van der Waals surface area contributed by atoms with Gasteiger partial charge < -0.3 is 10.2 Å². The van der Waals surface area contributed by atoms with Crippen LogP contribution in [0.1, 0.15) is 44.6 Å². The lowest BCUT2D eigenvalue weighted by Crippen LogP contribution is -2.49. The largest absolute Gasteiger partial charge is 0.352 e. The number of halogens is 2. The van der Waals surface area contributed by atoms with Gasteiger partial charge in [0.15, 0.2) is 0 Å². The van der Waals surface area contributed by atoms with Gasteiger partial charge in [0.25, 0.3) is 0 Å². The summed E-state index contributed by atoms with van der Waals surface area (Å²) in [6, 6.07) is 15.2. The lowest BCUT2D eigenvalue weighted by Gasteiger charge is -2.30. The van der Waals surface area contributed by atoms with Crippen molar-refractivity contribution in [3.05, 3.63) is 63.6 Å². The Labute approximate surface area is 202 Å². The van der Waals surface area contributed by atoms with Gasteiger partial charge in [0.1, 0.15) is 6.04 Å². The first-order chi connectivity index (χ1) is 14.9. The average molecular weight is 524 g/mol. The van der Waals surface area contributed by atoms with E-state index in [2.05, 4.69) is 21.2 Å². The molecule has 2 amide bonds. The highest BCUT2D eigenvalue weighted by molar-refractivity contribution is 9.10. The maximum Gasteiger partial charge on any atom is 0.242 e. The van der Waals surface area contributed by atoms with E-state index in [0.29, 0.717) is 23.7 Å². The molecule has 1 saturated carbocycles. The fourth-order valence-corrected chi connectivity index (χ4v) is 4.92. The van der Waals surface area contributed by atoms with E-state index in [9.17, 15) is 9.59 Å². The normalized spacial score (nSPS) is 14.9. The number of rotatable bonds is 9. The molecule has 3 rings (SSSR count). The summed E-state index contributed by atoms with van der Waals surface area (Å²) < 4.78 is 0.987. The number of hydrogen-bond donors (Lipinski definition) is 1. The SMILES string of the molecule is C[C@@H](C(=O)NC1CCCC1)N(Cc1ccc(Br)cc1)C(=O)CCSc1ccc(Cl)cc1. The molecular formula is C24H28BrClN2O2S. The van der Waals surface area contributed by atoms with Gasteiger partial charge in [-0.25, -0.2) is 0 Å². The van der Waals surface area contributed by atoms with Crippen molar-refractivity contribution >= 4 is 51.1 Å². The second-order valence-corrected chi connectivity index (χ2v) is 10.4. The molecule has 0 spiro atoms. The molecule has 0 saturated heterocycles. The number of amides is 2. The van der Waals surface area contributed by atoms with Gasteiger partial charge >= 0.3 is 0 Å². The second kappa shape index (κ2) is 11.9. The molecule has 2 aromatic rings. The Morgan fingerprint density at radius 2 is 1.77 bits per heavy atom. The highest BCUT2D eigenvalue weighted by Gasteiger charge is 2.28. The van der Waals surface area contributed by atoms with Gasteiger partial charge in [-0.15, -0.1) is 11.8 Å². The van der Waals surface area contributed by atoms with Crippen LogP contribution in [0.4, 0.5) is 0 Å². The fraction of sp³-hybridized carbons (Fsp3) is 0.417. The summed E-state index contributed by atoms with van der Waals surface area (Å²) >= 11 is 11.0. The van der Waals surface area contributed by atoms with Crippen LogP contribution in [-0.4, -0.2) is 34.6 Å². The molecule has 31 heavy (non-hydrogen) atoms. The molecule has 0 aromatic heterocycles. The summed E-state index contributed by atoms with van der Waals surface area (Å²) in [5.74, 6) is 0.565. The Morgan fingerprint density at radius 1 is 1.13 bits per heavy atom. The minimum atomic E-state index is -0.516. The number of nitrogens with one attached hydrogen (secondary N) is 1. The maximum atomic E-state index is 13.1. The molecular weight excluding hydrogens is 496 g/mol. The standard InChI is InChI=1S/C24H28BrClN2O2S/c1-17(24(30)27-21-4-2-3-5-21)28(16-18-6-8-19(25)9-7-18)23(29)14-15-31-22-12-10-20(26)11-13-22/h6-13,17,21H,2-5,14-16H2,1H3,(H,27,30)/t17-/m0/s1. The van der Waals surface area contributed by atoms with Crippen molar-refractivity contribution in [2.45, 2.75) is 62.6 Å². The van der Waals surface area contributed by atoms with Crippen molar-refractivity contribution in [2.75, 3.05) is 5.75 Å². The van der Waals surface area contributed by atoms with Crippen LogP contribution >= 0.6 is 39.3 Å². The molecule has 0 bridgehead atoms. The van der Waals surface area contributed by atoms with Crippen LogP contribution in [0, 0.1) is 0 Å². The summed E-state index contributed by atoms with van der Waals surface area (Å²) in [6.45, 7) is 2.24. The zero-order valence-corrected chi connectivity index (χ0v) is 20.8. The summed E-state index contributed by atoms with van der Waals surface area (Å²) in [6.07, 6.45) is 4.73. The first kappa shape index (κ1) is 24.1. The number of benzene rings is 2. The first-order valence-corrected chi connectivity index (χ1v) is 12.8. The Balaban J connectivity index is 1.64. The molecule has 1 atom stereocenters. The van der Waals surface area contributed by atoms with Crippen LogP contribution in [0.5, 0.6) is 0 Å². The lowest BCUT2D eigenvalue weighted by molar-refractivity contribution is -0.140. The van der Waals surface area contributed by atoms with Crippen LogP contribution in [0.3, 0.4) is 0 Å². The molecule has 1 aliphatic rings. The summed E-state index contributed by atoms with van der Waals surface area (Å²) in [5, 5.41) is 3.84. The van der Waals surface area contributed by atoms with Crippen molar-refractivity contribution in [1.82, 2.24) is 10.2 Å². The Hall–Kier alpha value is -1.50. The molecule has 1 aliphatic carbocycles. The average Bonchev–Trinajstić information content (AvgIpc) is 3.27. The lowest BCUT2D eigenvalue weighted by atomic mass is 10.1. The predicted octanol–water partition coefficient (Wildman–Crippen LogP) is 6.06. The van der Waals surface area contributed by atoms with Crippen molar-refractivity contribution in [2.24, 2.45) is 0 Å². The maximum absolute atomic E-state index is 13.1. The van der Waals surface area contributed by atoms with Gasteiger partial charge in [0.2, 0.25) is 11.8 Å². The van der Waals surface area contributed by atoms with E-state index in [1.165, 1.54) is 0 Å². The highest BCUT2D eigenvalue weighted by Crippen LogP contribution is 2.23. The van der Waals surface area contributed by atoms with E-state index in [-0.39, 0.29) is 17.9 Å². The smallest absolute Gasteiger partial charge is 0.242 e. The molecule has 0 heterocycles. The van der Waals surface area contributed by atoms with Gasteiger partial charge in [0.05, 0.1) is 0 Å². The van der Waals surface area contributed by atoms with Gasteiger partial charge in [-0.3, -0.25) is 9.59 Å². The van der Waals surface area contributed by atoms with E-state index in [4.69, 9.17) is 11.6 Å². The van der Waals surface area contributed by atoms with E-state index in [1.54, 1.807) is 16.7 Å². The zero-order valence-electron chi connectivity index (χ0n) is 17.7. The van der Waals surface area contributed by atoms with Crippen LogP contribution < -0.4 is 5.32 Å². The van der Waals surface area contributed by atoms with Crippen LogP contribution in [0.25, 0.3) is 0 Å². The number of carbonyl (C=O) groups is 2. The van der Waals surface area contributed by atoms with Crippen molar-refractivity contribution in [3.63, 3.8) is 0 Å². The van der Waals surface area contributed by atoms with Crippen molar-refractivity contribution in [1.29, 1.82) is 0 Å². The Kier molecular flexibility index (Phi) is 9.30. The van der Waals surface area contributed by atoms with Gasteiger partial charge in [-0.2, -0.15) is 0 Å². The predicted molar refractivity (Wildman–Crippen MR) is 131 cm³/mol. The molecule has 0 aliphatic heterocycles.